The number of nitrogens with one attached hydrogen (secondary N) is 3. The fourth-order valence-electron chi connectivity index (χ4n) is 0.854. The van der Waals surface area contributed by atoms with Gasteiger partial charge >= 0.3 is 0 Å². The Bertz CT molecular complexity index is 217. The van der Waals surface area contributed by atoms with Crippen LogP contribution >= 0.6 is 12.2 Å². The maximum Gasteiger partial charge on any atom is 0.239 e. The van der Waals surface area contributed by atoms with E-state index < -0.39 is 0 Å². The van der Waals surface area contributed by atoms with Gasteiger partial charge in [0.05, 0.1) is 6.54 Å². The van der Waals surface area contributed by atoms with Crippen molar-refractivity contribution in [2.75, 3.05) is 13.1 Å². The first kappa shape index (κ1) is 14.2. The molecule has 0 saturated carbocycles. The molecule has 88 valence electrons. The van der Waals surface area contributed by atoms with Crippen LogP contribution in [0.25, 0.3) is 0 Å². The van der Waals surface area contributed by atoms with E-state index in [2.05, 4.69) is 29.8 Å². The van der Waals surface area contributed by atoms with E-state index in [9.17, 15) is 4.79 Å². The van der Waals surface area contributed by atoms with Gasteiger partial charge in [-0.1, -0.05) is 13.8 Å². The van der Waals surface area contributed by atoms with Crippen molar-refractivity contribution >= 4 is 23.2 Å². The molecule has 1 amide bonds. The van der Waals surface area contributed by atoms with E-state index in [1.807, 2.05) is 13.8 Å². The Morgan fingerprint density at radius 1 is 1.20 bits per heavy atom. The molecular formula is C10H21N3OS. The van der Waals surface area contributed by atoms with Crippen LogP contribution in [0.5, 0.6) is 0 Å². The van der Waals surface area contributed by atoms with Gasteiger partial charge < -0.3 is 16.0 Å². The van der Waals surface area contributed by atoms with Crippen molar-refractivity contribution in [3.8, 4) is 0 Å². The Labute approximate surface area is 97.2 Å². The summed E-state index contributed by atoms with van der Waals surface area (Å²) in [7, 11) is 0. The summed E-state index contributed by atoms with van der Waals surface area (Å²) in [6, 6.07) is 0.281. The first-order valence-corrected chi connectivity index (χ1v) is 5.63. The van der Waals surface area contributed by atoms with E-state index in [-0.39, 0.29) is 18.5 Å². The molecule has 0 aromatic rings. The van der Waals surface area contributed by atoms with Crippen LogP contribution in [0.4, 0.5) is 0 Å². The van der Waals surface area contributed by atoms with Crippen LogP contribution in [0.2, 0.25) is 0 Å². The zero-order chi connectivity index (χ0) is 11.8. The number of thiocarbonyl (C=S) groups is 1. The second-order valence-electron chi connectivity index (χ2n) is 4.18. The topological polar surface area (TPSA) is 53.2 Å². The predicted octanol–water partition coefficient (Wildman–Crippen LogP) is 0.631. The van der Waals surface area contributed by atoms with E-state index in [0.717, 1.165) is 0 Å². The van der Waals surface area contributed by atoms with Gasteiger partial charge in [-0.05, 0) is 32.0 Å². The number of hydrogen-bond acceptors (Lipinski definition) is 2. The van der Waals surface area contributed by atoms with Gasteiger partial charge in [0.25, 0.3) is 0 Å². The van der Waals surface area contributed by atoms with Crippen molar-refractivity contribution in [1.29, 1.82) is 0 Å². The molecule has 4 nitrogen and oxygen atoms in total. The van der Waals surface area contributed by atoms with E-state index in [0.29, 0.717) is 17.6 Å². The summed E-state index contributed by atoms with van der Waals surface area (Å²) in [5.74, 6) is 0.436. The number of amides is 1. The highest BCUT2D eigenvalue weighted by atomic mass is 32.1. The molecule has 0 aliphatic rings. The molecule has 0 spiro atoms. The molecule has 0 fully saturated rings. The van der Waals surface area contributed by atoms with Crippen LogP contribution in [0.1, 0.15) is 27.7 Å². The number of hydrogen-bond donors (Lipinski definition) is 3. The molecule has 0 aromatic heterocycles. The van der Waals surface area contributed by atoms with Crippen molar-refractivity contribution in [1.82, 2.24) is 16.0 Å². The molecule has 0 unspecified atom stereocenters. The molecule has 0 aliphatic carbocycles. The van der Waals surface area contributed by atoms with Gasteiger partial charge in [0.15, 0.2) is 5.11 Å². The maximum atomic E-state index is 11.3. The second kappa shape index (κ2) is 7.45. The molecule has 0 saturated heterocycles. The number of carbonyl (C=O) groups is 1. The minimum absolute atomic E-state index is 0.0309. The van der Waals surface area contributed by atoms with Gasteiger partial charge in [0.1, 0.15) is 0 Å². The highest BCUT2D eigenvalue weighted by molar-refractivity contribution is 7.80. The minimum atomic E-state index is -0.0309. The van der Waals surface area contributed by atoms with Gasteiger partial charge in [-0.15, -0.1) is 0 Å². The van der Waals surface area contributed by atoms with Gasteiger partial charge in [-0.2, -0.15) is 0 Å². The molecule has 3 N–H and O–H groups in total. The lowest BCUT2D eigenvalue weighted by atomic mass is 10.2. The quantitative estimate of drug-likeness (QED) is 0.608. The zero-order valence-corrected chi connectivity index (χ0v) is 10.7. The lowest BCUT2D eigenvalue weighted by Crippen LogP contribution is -2.44. The summed E-state index contributed by atoms with van der Waals surface area (Å²) in [6.07, 6.45) is 0. The standard InChI is InChI=1S/C10H21N3OS/c1-7(2)5-11-9(14)6-12-10(15)13-8(3)4/h7-8H,5-6H2,1-4H3,(H,11,14)(H2,12,13,15). The maximum absolute atomic E-state index is 11.3. The third-order valence-electron chi connectivity index (χ3n) is 1.54. The van der Waals surface area contributed by atoms with E-state index in [1.165, 1.54) is 0 Å². The first-order chi connectivity index (χ1) is 6.91. The Hall–Kier alpha value is -0.840. The summed E-state index contributed by atoms with van der Waals surface area (Å²) in [6.45, 7) is 9.02. The molecule has 5 heteroatoms. The van der Waals surface area contributed by atoms with Crippen LogP contribution in [0, 0.1) is 5.92 Å². The molecule has 0 aliphatic heterocycles. The van der Waals surface area contributed by atoms with Crippen LogP contribution in [-0.2, 0) is 4.79 Å². The third-order valence-corrected chi connectivity index (χ3v) is 1.80. The molecule has 15 heavy (non-hydrogen) atoms. The van der Waals surface area contributed by atoms with E-state index in [1.54, 1.807) is 0 Å². The monoisotopic (exact) mass is 231 g/mol. The van der Waals surface area contributed by atoms with Gasteiger partial charge in [0, 0.05) is 12.6 Å². The highest BCUT2D eigenvalue weighted by Crippen LogP contribution is 1.86. The summed E-state index contributed by atoms with van der Waals surface area (Å²) < 4.78 is 0. The van der Waals surface area contributed by atoms with Gasteiger partial charge in [-0.3, -0.25) is 4.79 Å². The van der Waals surface area contributed by atoms with Crippen molar-refractivity contribution in [2.24, 2.45) is 5.92 Å². The fraction of sp³-hybridized carbons (Fsp3) is 0.800. The van der Waals surface area contributed by atoms with Gasteiger partial charge in [-0.25, -0.2) is 0 Å². The van der Waals surface area contributed by atoms with Crippen molar-refractivity contribution in [2.45, 2.75) is 33.7 Å². The molecule has 0 atom stereocenters. The normalized spacial score (nSPS) is 10.3. The van der Waals surface area contributed by atoms with Crippen LogP contribution in [0.15, 0.2) is 0 Å². The second-order valence-corrected chi connectivity index (χ2v) is 4.59. The average molecular weight is 231 g/mol. The predicted molar refractivity (Wildman–Crippen MR) is 66.7 cm³/mol. The van der Waals surface area contributed by atoms with E-state index in [4.69, 9.17) is 12.2 Å². The van der Waals surface area contributed by atoms with Crippen LogP contribution < -0.4 is 16.0 Å². The molecule has 0 bridgehead atoms. The lowest BCUT2D eigenvalue weighted by Gasteiger charge is -2.13. The summed E-state index contributed by atoms with van der Waals surface area (Å²) in [5.41, 5.74) is 0. The van der Waals surface area contributed by atoms with Crippen LogP contribution in [-0.4, -0.2) is 30.2 Å². The zero-order valence-electron chi connectivity index (χ0n) is 9.89. The van der Waals surface area contributed by atoms with Crippen molar-refractivity contribution < 1.29 is 4.79 Å². The molecular weight excluding hydrogens is 210 g/mol. The highest BCUT2D eigenvalue weighted by Gasteiger charge is 2.03. The van der Waals surface area contributed by atoms with Gasteiger partial charge in [0.2, 0.25) is 5.91 Å². The van der Waals surface area contributed by atoms with E-state index >= 15 is 0 Å². The Balaban J connectivity index is 3.58. The first-order valence-electron chi connectivity index (χ1n) is 5.23. The largest absolute Gasteiger partial charge is 0.361 e. The van der Waals surface area contributed by atoms with Crippen molar-refractivity contribution in [3.05, 3.63) is 0 Å². The van der Waals surface area contributed by atoms with Crippen LogP contribution in [0.3, 0.4) is 0 Å². The molecule has 0 radical (unpaired) electrons. The molecule has 0 rings (SSSR count). The molecule has 0 aromatic carbocycles. The SMILES string of the molecule is CC(C)CNC(=O)CNC(=S)NC(C)C. The summed E-state index contributed by atoms with van der Waals surface area (Å²) in [5, 5.41) is 9.17. The smallest absolute Gasteiger partial charge is 0.239 e. The number of rotatable bonds is 5. The fourth-order valence-corrected chi connectivity index (χ4v) is 1.16. The Morgan fingerprint density at radius 3 is 2.27 bits per heavy atom. The Morgan fingerprint density at radius 2 is 1.80 bits per heavy atom. The van der Waals surface area contributed by atoms with Crippen molar-refractivity contribution in [3.63, 3.8) is 0 Å². The number of carbonyl (C=O) groups excluding carboxylic acids is 1. The molecule has 0 heterocycles. The summed E-state index contributed by atoms with van der Waals surface area (Å²) in [4.78, 5) is 11.3. The lowest BCUT2D eigenvalue weighted by molar-refractivity contribution is -0.120. The summed E-state index contributed by atoms with van der Waals surface area (Å²) >= 11 is 4.98. The average Bonchev–Trinajstić information content (AvgIpc) is 2.10. The minimum Gasteiger partial charge on any atom is -0.361 e. The Kier molecular flexibility index (Phi) is 7.03. The third kappa shape index (κ3) is 9.46.